The number of amides is 1. The highest BCUT2D eigenvalue weighted by molar-refractivity contribution is 5.94. The van der Waals surface area contributed by atoms with E-state index in [0.29, 0.717) is 0 Å². The van der Waals surface area contributed by atoms with Crippen LogP contribution in [-0.2, 0) is 0 Å². The lowest BCUT2D eigenvalue weighted by Crippen LogP contribution is -2.21. The Kier molecular flexibility index (Phi) is 6.48. The molecule has 34 heavy (non-hydrogen) atoms. The first-order valence-electron chi connectivity index (χ1n) is 9.28. The Hall–Kier alpha value is -5.32. The first kappa shape index (κ1) is 23.3. The standard InChI is InChI=1S/C20H15N7O7/c1-25(2)19(28)12-4-3-5-13(9-12)33-20-23-17(22)16(27(31)32)18(24-20)34-15-8-11(10-21)6-7-14(15)26(29)30/h3-9H,1-2H3,(H2,22,23,24). The van der Waals surface area contributed by atoms with E-state index in [1.165, 1.54) is 29.2 Å². The van der Waals surface area contributed by atoms with Gasteiger partial charge in [0.2, 0.25) is 11.6 Å². The Morgan fingerprint density at radius 3 is 2.44 bits per heavy atom. The van der Waals surface area contributed by atoms with E-state index in [1.54, 1.807) is 26.2 Å². The van der Waals surface area contributed by atoms with Gasteiger partial charge in [0.25, 0.3) is 5.91 Å². The van der Waals surface area contributed by atoms with Crippen LogP contribution in [0.15, 0.2) is 42.5 Å². The number of nitro groups is 2. The SMILES string of the molecule is CN(C)C(=O)c1cccc(Oc2nc(N)c([N+](=O)[O-])c(Oc3cc(C#N)ccc3[N+](=O)[O-])n2)c1. The van der Waals surface area contributed by atoms with Crippen molar-refractivity contribution in [2.24, 2.45) is 0 Å². The number of nitrogen functional groups attached to an aromatic ring is 1. The maximum Gasteiger partial charge on any atom is 0.373 e. The number of ether oxygens (including phenoxy) is 2. The molecule has 0 aliphatic heterocycles. The summed E-state index contributed by atoms with van der Waals surface area (Å²) in [7, 11) is 3.14. The van der Waals surface area contributed by atoms with E-state index in [-0.39, 0.29) is 22.8 Å². The van der Waals surface area contributed by atoms with Crippen molar-refractivity contribution in [3.63, 3.8) is 0 Å². The predicted molar refractivity (Wildman–Crippen MR) is 116 cm³/mol. The number of carbonyl (C=O) groups excluding carboxylic acids is 1. The molecule has 1 heterocycles. The molecule has 2 aromatic carbocycles. The quantitative estimate of drug-likeness (QED) is 0.397. The molecular weight excluding hydrogens is 450 g/mol. The van der Waals surface area contributed by atoms with Crippen LogP contribution < -0.4 is 15.2 Å². The topological polar surface area (TPSA) is 201 Å². The fourth-order valence-corrected chi connectivity index (χ4v) is 2.70. The van der Waals surface area contributed by atoms with Crippen molar-refractivity contribution in [2.45, 2.75) is 0 Å². The molecule has 0 bridgehead atoms. The van der Waals surface area contributed by atoms with Gasteiger partial charge in [0, 0.05) is 31.8 Å². The Morgan fingerprint density at radius 1 is 1.09 bits per heavy atom. The number of hydrogen-bond donors (Lipinski definition) is 1. The lowest BCUT2D eigenvalue weighted by Gasteiger charge is -2.12. The van der Waals surface area contributed by atoms with Crippen LogP contribution in [0, 0.1) is 31.6 Å². The van der Waals surface area contributed by atoms with Gasteiger partial charge in [-0.25, -0.2) is 0 Å². The van der Waals surface area contributed by atoms with Gasteiger partial charge in [0.05, 0.1) is 21.5 Å². The van der Waals surface area contributed by atoms with E-state index in [1.807, 2.05) is 0 Å². The van der Waals surface area contributed by atoms with Crippen LogP contribution >= 0.6 is 0 Å². The third-order valence-corrected chi connectivity index (χ3v) is 4.23. The molecule has 3 aromatic rings. The van der Waals surface area contributed by atoms with Crippen LogP contribution in [-0.4, -0.2) is 44.7 Å². The molecule has 172 valence electrons. The molecule has 0 aliphatic rings. The number of aromatic nitrogens is 2. The van der Waals surface area contributed by atoms with Gasteiger partial charge in [-0.3, -0.25) is 25.0 Å². The molecule has 0 saturated carbocycles. The number of nitro benzene ring substituents is 1. The van der Waals surface area contributed by atoms with Gasteiger partial charge in [-0.15, -0.1) is 0 Å². The minimum atomic E-state index is -0.926. The van der Waals surface area contributed by atoms with Crippen LogP contribution in [0.25, 0.3) is 0 Å². The minimum absolute atomic E-state index is 0.00382. The van der Waals surface area contributed by atoms with Crippen molar-refractivity contribution in [1.29, 1.82) is 5.26 Å². The van der Waals surface area contributed by atoms with Gasteiger partial charge < -0.3 is 20.1 Å². The Bertz CT molecular complexity index is 1350. The van der Waals surface area contributed by atoms with Crippen LogP contribution in [0.2, 0.25) is 0 Å². The lowest BCUT2D eigenvalue weighted by molar-refractivity contribution is -0.387. The molecule has 0 fully saturated rings. The van der Waals surface area contributed by atoms with Gasteiger partial charge in [-0.2, -0.15) is 15.2 Å². The van der Waals surface area contributed by atoms with E-state index in [0.717, 1.165) is 12.1 Å². The number of benzene rings is 2. The number of carbonyl (C=O) groups is 1. The van der Waals surface area contributed by atoms with Gasteiger partial charge in [0.1, 0.15) is 5.75 Å². The molecule has 0 saturated heterocycles. The average molecular weight is 465 g/mol. The summed E-state index contributed by atoms with van der Waals surface area (Å²) in [6, 6.07) is 10.5. The van der Waals surface area contributed by atoms with Crippen LogP contribution in [0.3, 0.4) is 0 Å². The average Bonchev–Trinajstić information content (AvgIpc) is 2.77. The van der Waals surface area contributed by atoms with Crippen molar-refractivity contribution in [2.75, 3.05) is 19.8 Å². The van der Waals surface area contributed by atoms with E-state index in [4.69, 9.17) is 20.5 Å². The summed E-state index contributed by atoms with van der Waals surface area (Å²) in [5.41, 5.74) is 4.57. The zero-order chi connectivity index (χ0) is 25.0. The minimum Gasteiger partial charge on any atom is -0.426 e. The molecule has 2 N–H and O–H groups in total. The maximum atomic E-state index is 12.2. The number of nitriles is 1. The Morgan fingerprint density at radius 2 is 1.82 bits per heavy atom. The highest BCUT2D eigenvalue weighted by Crippen LogP contribution is 2.39. The second-order valence-electron chi connectivity index (χ2n) is 6.79. The fourth-order valence-electron chi connectivity index (χ4n) is 2.70. The summed E-state index contributed by atoms with van der Waals surface area (Å²) in [5.74, 6) is -2.04. The molecule has 0 spiro atoms. The van der Waals surface area contributed by atoms with Crippen LogP contribution in [0.1, 0.15) is 15.9 Å². The normalized spacial score (nSPS) is 10.1. The van der Waals surface area contributed by atoms with Crippen LogP contribution in [0.5, 0.6) is 23.4 Å². The highest BCUT2D eigenvalue weighted by atomic mass is 16.6. The maximum absolute atomic E-state index is 12.2. The largest absolute Gasteiger partial charge is 0.426 e. The number of nitrogens with two attached hydrogens (primary N) is 1. The molecule has 0 unspecified atom stereocenters. The summed E-state index contributed by atoms with van der Waals surface area (Å²) in [6.07, 6.45) is 0. The van der Waals surface area contributed by atoms with Crippen molar-refractivity contribution >= 4 is 23.1 Å². The zero-order valence-electron chi connectivity index (χ0n) is 17.7. The smallest absolute Gasteiger partial charge is 0.373 e. The molecule has 14 heteroatoms. The number of rotatable bonds is 7. The molecule has 1 aromatic heterocycles. The van der Waals surface area contributed by atoms with Crippen molar-refractivity contribution in [3.8, 4) is 29.5 Å². The number of anilines is 1. The summed E-state index contributed by atoms with van der Waals surface area (Å²) in [5, 5.41) is 31.9. The summed E-state index contributed by atoms with van der Waals surface area (Å²) in [4.78, 5) is 42.2. The zero-order valence-corrected chi connectivity index (χ0v) is 17.7. The summed E-state index contributed by atoms with van der Waals surface area (Å²) >= 11 is 0. The van der Waals surface area contributed by atoms with E-state index in [2.05, 4.69) is 9.97 Å². The molecule has 0 radical (unpaired) electrons. The molecule has 0 atom stereocenters. The van der Waals surface area contributed by atoms with E-state index < -0.39 is 44.7 Å². The number of nitrogens with zero attached hydrogens (tertiary/aromatic N) is 6. The van der Waals surface area contributed by atoms with Crippen LogP contribution in [0.4, 0.5) is 17.2 Å². The third-order valence-electron chi connectivity index (χ3n) is 4.23. The second-order valence-corrected chi connectivity index (χ2v) is 6.79. The predicted octanol–water partition coefficient (Wildman–Crippen LogP) is 3.03. The molecule has 3 rings (SSSR count). The van der Waals surface area contributed by atoms with Gasteiger partial charge in [0.15, 0.2) is 0 Å². The Balaban J connectivity index is 2.05. The first-order chi connectivity index (χ1) is 16.1. The van der Waals surface area contributed by atoms with Crippen molar-refractivity contribution in [1.82, 2.24) is 14.9 Å². The van der Waals surface area contributed by atoms with E-state index in [9.17, 15) is 25.0 Å². The number of hydrogen-bond acceptors (Lipinski definition) is 11. The molecular formula is C20H15N7O7. The Labute approximate surface area is 191 Å². The molecule has 14 nitrogen and oxygen atoms in total. The monoisotopic (exact) mass is 465 g/mol. The van der Waals surface area contributed by atoms with Gasteiger partial charge in [-0.05, 0) is 24.3 Å². The summed E-state index contributed by atoms with van der Waals surface area (Å²) < 4.78 is 10.9. The molecule has 0 aliphatic carbocycles. The first-order valence-corrected chi connectivity index (χ1v) is 9.28. The van der Waals surface area contributed by atoms with Gasteiger partial charge in [-0.1, -0.05) is 6.07 Å². The van der Waals surface area contributed by atoms with E-state index >= 15 is 0 Å². The van der Waals surface area contributed by atoms with Crippen molar-refractivity contribution < 1.29 is 24.1 Å². The van der Waals surface area contributed by atoms with Gasteiger partial charge >= 0.3 is 23.3 Å². The highest BCUT2D eigenvalue weighted by Gasteiger charge is 2.28. The fraction of sp³-hybridized carbons (Fsp3) is 0.100. The summed E-state index contributed by atoms with van der Waals surface area (Å²) in [6.45, 7) is 0. The third kappa shape index (κ3) is 4.94. The molecule has 1 amide bonds. The second kappa shape index (κ2) is 9.44. The lowest BCUT2D eigenvalue weighted by atomic mass is 10.2. The van der Waals surface area contributed by atoms with Crippen molar-refractivity contribution in [3.05, 3.63) is 73.8 Å².